The zero-order chi connectivity index (χ0) is 27.8. The van der Waals surface area contributed by atoms with E-state index in [1.165, 1.54) is 19.8 Å². The monoisotopic (exact) mass is 532 g/mol. The van der Waals surface area contributed by atoms with Crippen LogP contribution in [-0.4, -0.2) is 57.4 Å². The normalized spacial score (nSPS) is 55.4. The molecule has 216 valence electrons. The Kier molecular flexibility index (Phi) is 5.77. The second-order valence-corrected chi connectivity index (χ2v) is 16.3. The van der Waals surface area contributed by atoms with E-state index in [2.05, 4.69) is 34.6 Å². The van der Waals surface area contributed by atoms with E-state index in [9.17, 15) is 20.1 Å². The molecule has 5 saturated carbocycles. The van der Waals surface area contributed by atoms with Gasteiger partial charge in [0.1, 0.15) is 0 Å². The van der Waals surface area contributed by atoms with Crippen LogP contribution in [0.15, 0.2) is 0 Å². The van der Waals surface area contributed by atoms with Crippen LogP contribution in [0.3, 0.4) is 0 Å². The van der Waals surface area contributed by atoms with E-state index in [4.69, 9.17) is 9.47 Å². The molecule has 1 aliphatic heterocycles. The summed E-state index contributed by atoms with van der Waals surface area (Å²) in [6, 6.07) is 0. The molecule has 6 heteroatoms. The van der Waals surface area contributed by atoms with E-state index in [1.54, 1.807) is 13.8 Å². The Morgan fingerprint density at radius 1 is 1.00 bits per heavy atom. The average Bonchev–Trinajstić information content (AvgIpc) is 3.44. The van der Waals surface area contributed by atoms with Crippen LogP contribution in [0.4, 0.5) is 0 Å². The molecule has 0 aromatic rings. The van der Waals surface area contributed by atoms with Crippen LogP contribution >= 0.6 is 0 Å². The molecule has 6 nitrogen and oxygen atoms in total. The number of aliphatic hydroxyl groups excluding tert-OH is 2. The van der Waals surface area contributed by atoms with Gasteiger partial charge in [-0.05, 0) is 111 Å². The minimum absolute atomic E-state index is 0.0383. The fourth-order valence-electron chi connectivity index (χ4n) is 12.4. The van der Waals surface area contributed by atoms with Crippen molar-refractivity contribution >= 4 is 5.97 Å². The van der Waals surface area contributed by atoms with Gasteiger partial charge in [-0.1, -0.05) is 34.6 Å². The quantitative estimate of drug-likeness (QED) is 0.449. The summed E-state index contributed by atoms with van der Waals surface area (Å²) in [7, 11) is 0. The highest BCUT2D eigenvalue weighted by Gasteiger charge is 2.84. The van der Waals surface area contributed by atoms with Gasteiger partial charge in [0, 0.05) is 12.3 Å². The third-order valence-corrected chi connectivity index (χ3v) is 14.1. The Morgan fingerprint density at radius 2 is 1.63 bits per heavy atom. The molecule has 5 unspecified atom stereocenters. The smallest absolute Gasteiger partial charge is 0.303 e. The zero-order valence-corrected chi connectivity index (χ0v) is 24.9. The Balaban J connectivity index is 1.35. The molecule has 0 aromatic carbocycles. The Morgan fingerprint density at radius 3 is 2.26 bits per heavy atom. The summed E-state index contributed by atoms with van der Waals surface area (Å²) < 4.78 is 12.4. The molecule has 0 aromatic heterocycles. The minimum Gasteiger partial charge on any atom is -0.457 e. The summed E-state index contributed by atoms with van der Waals surface area (Å²) in [6.45, 7) is 16.4. The lowest BCUT2D eigenvalue weighted by molar-refractivity contribution is -0.216. The summed E-state index contributed by atoms with van der Waals surface area (Å²) in [4.78, 5) is 11.9. The highest BCUT2D eigenvalue weighted by Crippen LogP contribution is 2.89. The molecule has 6 rings (SSSR count). The molecule has 2 spiro atoms. The van der Waals surface area contributed by atoms with Gasteiger partial charge < -0.3 is 24.8 Å². The fraction of sp³-hybridized carbons (Fsp3) is 0.969. The highest BCUT2D eigenvalue weighted by atomic mass is 16.6. The van der Waals surface area contributed by atoms with Crippen LogP contribution in [0.2, 0.25) is 0 Å². The molecule has 6 fully saturated rings. The topological polar surface area (TPSA) is 96.2 Å². The van der Waals surface area contributed by atoms with E-state index >= 15 is 0 Å². The van der Waals surface area contributed by atoms with Crippen molar-refractivity contribution in [2.24, 2.45) is 50.7 Å². The lowest BCUT2D eigenvalue weighted by atomic mass is 9.41. The van der Waals surface area contributed by atoms with E-state index in [0.29, 0.717) is 23.7 Å². The number of hydrogen-bond donors (Lipinski definition) is 3. The third kappa shape index (κ3) is 3.13. The first-order valence-electron chi connectivity index (χ1n) is 15.4. The minimum atomic E-state index is -1.24. The van der Waals surface area contributed by atoms with Gasteiger partial charge in [-0.25, -0.2) is 0 Å². The highest BCUT2D eigenvalue weighted by molar-refractivity contribution is 5.66. The molecule has 1 saturated heterocycles. The molecule has 13 atom stereocenters. The Hall–Kier alpha value is -0.690. The van der Waals surface area contributed by atoms with Gasteiger partial charge in [0.05, 0.1) is 30.0 Å². The van der Waals surface area contributed by atoms with Crippen LogP contribution in [-0.2, 0) is 14.3 Å². The summed E-state index contributed by atoms with van der Waals surface area (Å²) >= 11 is 0. The van der Waals surface area contributed by atoms with Crippen LogP contribution < -0.4 is 0 Å². The number of rotatable bonds is 3. The van der Waals surface area contributed by atoms with Crippen molar-refractivity contribution in [3.8, 4) is 0 Å². The largest absolute Gasteiger partial charge is 0.457 e. The van der Waals surface area contributed by atoms with Crippen molar-refractivity contribution < 1.29 is 29.6 Å². The van der Waals surface area contributed by atoms with Gasteiger partial charge in [-0.3, -0.25) is 4.79 Å². The predicted octanol–water partition coefficient (Wildman–Crippen LogP) is 4.86. The number of fused-ring (bicyclic) bond motifs is 4. The van der Waals surface area contributed by atoms with Crippen LogP contribution in [0, 0.1) is 50.7 Å². The van der Waals surface area contributed by atoms with Gasteiger partial charge in [-0.15, -0.1) is 0 Å². The van der Waals surface area contributed by atoms with Crippen molar-refractivity contribution in [2.75, 3.05) is 0 Å². The lowest BCUT2D eigenvalue weighted by Gasteiger charge is -2.63. The Labute approximate surface area is 229 Å². The number of esters is 1. The van der Waals surface area contributed by atoms with Crippen LogP contribution in [0.5, 0.6) is 0 Å². The summed E-state index contributed by atoms with van der Waals surface area (Å²) in [5, 5.41) is 34.2. The summed E-state index contributed by atoms with van der Waals surface area (Å²) in [5.41, 5.74) is -1.01. The second-order valence-electron chi connectivity index (χ2n) is 16.3. The Bertz CT molecular complexity index is 1000. The molecular formula is C32H52O6. The fourth-order valence-corrected chi connectivity index (χ4v) is 12.4. The zero-order valence-electron chi connectivity index (χ0n) is 24.9. The first kappa shape index (κ1) is 27.5. The molecule has 38 heavy (non-hydrogen) atoms. The maximum atomic E-state index is 12.3. The lowest BCUT2D eigenvalue weighted by Crippen LogP contribution is -2.59. The van der Waals surface area contributed by atoms with Gasteiger partial charge in [0.25, 0.3) is 0 Å². The molecule has 0 radical (unpaired) electrons. The summed E-state index contributed by atoms with van der Waals surface area (Å²) in [5.74, 6) is 1.09. The van der Waals surface area contributed by atoms with E-state index < -0.39 is 29.9 Å². The molecule has 6 aliphatic rings. The predicted molar refractivity (Wildman–Crippen MR) is 144 cm³/mol. The number of carbonyl (C=O) groups excluding carboxylic acids is 1. The number of aliphatic hydroxyl groups is 3. The number of ether oxygens (including phenoxy) is 2. The van der Waals surface area contributed by atoms with Crippen molar-refractivity contribution in [3.63, 3.8) is 0 Å². The maximum Gasteiger partial charge on any atom is 0.303 e. The van der Waals surface area contributed by atoms with Gasteiger partial charge in [0.2, 0.25) is 0 Å². The second kappa shape index (κ2) is 7.98. The van der Waals surface area contributed by atoms with E-state index in [-0.39, 0.29) is 45.7 Å². The van der Waals surface area contributed by atoms with Gasteiger partial charge in [0.15, 0.2) is 6.10 Å². The SMILES string of the molecule is CC(=O)O[C@@H](C1C[C@@H](C)[C@H]2C(O1)[C@H](O)[C@@]1(C)C3CC[C@H]4C(C)(C)[C@@H](O)CCC45C[C@@]35CCC21C)C(C)(C)O. The molecular weight excluding hydrogens is 480 g/mol. The average molecular weight is 533 g/mol. The first-order valence-corrected chi connectivity index (χ1v) is 15.4. The third-order valence-electron chi connectivity index (χ3n) is 14.1. The number of carbonyl (C=O) groups is 1. The number of hydrogen-bond acceptors (Lipinski definition) is 6. The van der Waals surface area contributed by atoms with E-state index in [1.807, 2.05) is 0 Å². The van der Waals surface area contributed by atoms with Crippen molar-refractivity contribution in [1.82, 2.24) is 0 Å². The van der Waals surface area contributed by atoms with Crippen LogP contribution in [0.25, 0.3) is 0 Å². The van der Waals surface area contributed by atoms with Gasteiger partial charge >= 0.3 is 5.97 Å². The van der Waals surface area contributed by atoms with E-state index in [0.717, 1.165) is 32.1 Å². The summed E-state index contributed by atoms with van der Waals surface area (Å²) in [6.07, 6.45) is 6.19. The molecule has 1 heterocycles. The molecule has 3 N–H and O–H groups in total. The maximum absolute atomic E-state index is 12.3. The molecule has 5 aliphatic carbocycles. The first-order chi connectivity index (χ1) is 17.5. The standard InChI is InChI=1S/C32H52O6/c1-17-15-19(26(28(5,6)36)37-18(2)33)38-24-23(17)29(7)13-14-32-16-31(32)12-11-22(34)27(3,4)20(31)9-10-21(32)30(29,8)25(24)35/h17,19-26,34-36H,9-16H2,1-8H3/t17-,19?,20+,21?,22+,23+,24?,25+,26+,29?,30-,31?,32+/m1/s1. The van der Waals surface area contributed by atoms with Crippen molar-refractivity contribution in [2.45, 2.75) is 143 Å². The molecule has 0 amide bonds. The van der Waals surface area contributed by atoms with Crippen molar-refractivity contribution in [3.05, 3.63) is 0 Å². The van der Waals surface area contributed by atoms with Crippen molar-refractivity contribution in [1.29, 1.82) is 0 Å². The van der Waals surface area contributed by atoms with Gasteiger partial charge in [-0.2, -0.15) is 0 Å². The molecule has 0 bridgehead atoms. The van der Waals surface area contributed by atoms with Crippen LogP contribution in [0.1, 0.15) is 107 Å².